The Balaban J connectivity index is 3.10. The third-order valence-corrected chi connectivity index (χ3v) is 2.05. The molecule has 1 rings (SSSR count). The molecule has 0 heterocycles. The van der Waals surface area contributed by atoms with Crippen molar-refractivity contribution in [1.82, 2.24) is 0 Å². The zero-order valence-electron chi connectivity index (χ0n) is 5.90. The Kier molecular flexibility index (Phi) is 2.53. The summed E-state index contributed by atoms with van der Waals surface area (Å²) in [5.41, 5.74) is 0.861. The van der Waals surface area contributed by atoms with E-state index in [4.69, 9.17) is 4.89 Å². The van der Waals surface area contributed by atoms with Crippen LogP contribution in [0.1, 0.15) is 5.56 Å². The van der Waals surface area contributed by atoms with Gasteiger partial charge in [-0.15, -0.1) is 0 Å². The monoisotopic (exact) mass is 167 g/mol. The fraction of sp³-hybridized carbons (Fsp3) is 0. The topological polar surface area (TPSA) is 37.3 Å². The number of rotatable bonds is 2. The fourth-order valence-corrected chi connectivity index (χ4v) is 1.24. The summed E-state index contributed by atoms with van der Waals surface area (Å²) in [5, 5.41) is 0.442. The van der Waals surface area contributed by atoms with Crippen LogP contribution in [0.3, 0.4) is 0 Å². The summed E-state index contributed by atoms with van der Waals surface area (Å²) in [5.74, 6) is 0. The molecule has 0 aliphatic carbocycles. The third-order valence-electron chi connectivity index (χ3n) is 1.33. The second kappa shape index (κ2) is 3.42. The van der Waals surface area contributed by atoms with Gasteiger partial charge in [0.15, 0.2) is 0 Å². The molecule has 11 heavy (non-hydrogen) atoms. The van der Waals surface area contributed by atoms with Crippen molar-refractivity contribution in [1.29, 1.82) is 0 Å². The minimum atomic E-state index is -2.22. The lowest BCUT2D eigenvalue weighted by atomic mass is 10.2. The van der Waals surface area contributed by atoms with Crippen LogP contribution in [0.4, 0.5) is 0 Å². The van der Waals surface area contributed by atoms with Gasteiger partial charge in [-0.2, -0.15) is 4.89 Å². The molecule has 0 amide bonds. The molecule has 1 N–H and O–H groups in total. The standard InChI is InChI=1S/C8H7O2P/c1-2-7-4-3-5-8(6-7)11(9)10/h2-6H,1H2/p+1. The lowest BCUT2D eigenvalue weighted by Gasteiger charge is -1.87. The van der Waals surface area contributed by atoms with Gasteiger partial charge in [-0.25, -0.2) is 0 Å². The van der Waals surface area contributed by atoms with E-state index in [0.717, 1.165) is 5.56 Å². The molecule has 0 aliphatic heterocycles. The minimum Gasteiger partial charge on any atom is -0.156 e. The van der Waals surface area contributed by atoms with Crippen molar-refractivity contribution >= 4 is 19.4 Å². The van der Waals surface area contributed by atoms with E-state index in [1.165, 1.54) is 0 Å². The molecular weight excluding hydrogens is 159 g/mol. The van der Waals surface area contributed by atoms with Gasteiger partial charge in [-0.3, -0.25) is 0 Å². The van der Waals surface area contributed by atoms with Crippen LogP contribution >= 0.6 is 8.03 Å². The van der Waals surface area contributed by atoms with Crippen molar-refractivity contribution in [2.24, 2.45) is 0 Å². The molecule has 0 aliphatic rings. The minimum absolute atomic E-state index is 0.442. The van der Waals surface area contributed by atoms with Gasteiger partial charge in [0.2, 0.25) is 5.30 Å². The van der Waals surface area contributed by atoms with Crippen LogP contribution in [0.15, 0.2) is 30.8 Å². The predicted molar refractivity (Wildman–Crippen MR) is 46.0 cm³/mol. The first-order valence-electron chi connectivity index (χ1n) is 3.12. The van der Waals surface area contributed by atoms with Crippen molar-refractivity contribution in [2.75, 3.05) is 0 Å². The van der Waals surface area contributed by atoms with E-state index in [1.807, 2.05) is 6.07 Å². The van der Waals surface area contributed by atoms with Gasteiger partial charge < -0.3 is 0 Å². The highest BCUT2D eigenvalue weighted by Crippen LogP contribution is 2.13. The average Bonchev–Trinajstić information content (AvgIpc) is 2.05. The van der Waals surface area contributed by atoms with E-state index in [2.05, 4.69) is 6.58 Å². The quantitative estimate of drug-likeness (QED) is 0.680. The molecule has 1 aromatic rings. The Hall–Kier alpha value is -0.980. The Bertz CT molecular complexity index is 294. The second-order valence-corrected chi connectivity index (χ2v) is 3.13. The first kappa shape index (κ1) is 8.12. The maximum absolute atomic E-state index is 10.6. The van der Waals surface area contributed by atoms with Crippen molar-refractivity contribution in [3.8, 4) is 0 Å². The molecule has 0 fully saturated rings. The molecule has 0 aromatic heterocycles. The van der Waals surface area contributed by atoms with Gasteiger partial charge in [0.05, 0.1) is 0 Å². The Morgan fingerprint density at radius 1 is 1.55 bits per heavy atom. The Morgan fingerprint density at radius 3 is 2.82 bits per heavy atom. The summed E-state index contributed by atoms with van der Waals surface area (Å²) in [7, 11) is -2.22. The molecule has 1 unspecified atom stereocenters. The first-order valence-corrected chi connectivity index (χ1v) is 4.34. The van der Waals surface area contributed by atoms with Crippen LogP contribution in [0.2, 0.25) is 0 Å². The van der Waals surface area contributed by atoms with Crippen molar-refractivity contribution in [3.05, 3.63) is 36.4 Å². The molecule has 0 saturated carbocycles. The first-order chi connectivity index (χ1) is 5.24. The molecular formula is C8H8O2P+. The number of benzene rings is 1. The summed E-state index contributed by atoms with van der Waals surface area (Å²) >= 11 is 0. The maximum Gasteiger partial charge on any atom is 0.546 e. The summed E-state index contributed by atoms with van der Waals surface area (Å²) in [6.45, 7) is 3.55. The van der Waals surface area contributed by atoms with E-state index >= 15 is 0 Å². The third kappa shape index (κ3) is 1.97. The van der Waals surface area contributed by atoms with Gasteiger partial charge in [-0.1, -0.05) is 24.8 Å². The summed E-state index contributed by atoms with van der Waals surface area (Å²) in [6.07, 6.45) is 1.64. The fourth-order valence-electron chi connectivity index (χ4n) is 0.771. The molecule has 0 saturated heterocycles. The number of hydrogen-bond acceptors (Lipinski definition) is 1. The van der Waals surface area contributed by atoms with Crippen molar-refractivity contribution in [2.45, 2.75) is 0 Å². The zero-order valence-corrected chi connectivity index (χ0v) is 6.79. The lowest BCUT2D eigenvalue weighted by Crippen LogP contribution is -1.94. The summed E-state index contributed by atoms with van der Waals surface area (Å²) in [4.78, 5) is 8.72. The normalized spacial score (nSPS) is 10.8. The lowest BCUT2D eigenvalue weighted by molar-refractivity contribution is 0.513. The largest absolute Gasteiger partial charge is 0.546 e. The van der Waals surface area contributed by atoms with Gasteiger partial charge in [0.1, 0.15) is 0 Å². The van der Waals surface area contributed by atoms with Gasteiger partial charge in [-0.05, 0) is 16.2 Å². The molecule has 56 valence electrons. The molecule has 0 bridgehead atoms. The van der Waals surface area contributed by atoms with Gasteiger partial charge >= 0.3 is 8.03 Å². The number of hydrogen-bond donors (Lipinski definition) is 1. The van der Waals surface area contributed by atoms with E-state index in [-0.39, 0.29) is 0 Å². The van der Waals surface area contributed by atoms with E-state index in [9.17, 15) is 4.57 Å². The second-order valence-electron chi connectivity index (χ2n) is 2.07. The van der Waals surface area contributed by atoms with Crippen LogP contribution in [0.25, 0.3) is 6.08 Å². The highest BCUT2D eigenvalue weighted by Gasteiger charge is 2.14. The van der Waals surface area contributed by atoms with E-state index < -0.39 is 8.03 Å². The van der Waals surface area contributed by atoms with Crippen LogP contribution in [-0.2, 0) is 4.57 Å². The Labute approximate surface area is 66.1 Å². The van der Waals surface area contributed by atoms with Crippen LogP contribution in [-0.4, -0.2) is 4.89 Å². The highest BCUT2D eigenvalue weighted by atomic mass is 31.1. The Morgan fingerprint density at radius 2 is 2.27 bits per heavy atom. The summed E-state index contributed by atoms with van der Waals surface area (Å²) < 4.78 is 10.6. The van der Waals surface area contributed by atoms with Crippen LogP contribution < -0.4 is 5.30 Å². The van der Waals surface area contributed by atoms with Crippen molar-refractivity contribution < 1.29 is 9.46 Å². The summed E-state index contributed by atoms with van der Waals surface area (Å²) in [6, 6.07) is 6.82. The van der Waals surface area contributed by atoms with Gasteiger partial charge in [0.25, 0.3) is 0 Å². The SMILES string of the molecule is C=Cc1cccc([P+](=O)O)c1. The van der Waals surface area contributed by atoms with Crippen LogP contribution in [0.5, 0.6) is 0 Å². The van der Waals surface area contributed by atoms with Gasteiger partial charge in [0, 0.05) is 6.07 Å². The molecule has 0 spiro atoms. The molecule has 3 heteroatoms. The average molecular weight is 167 g/mol. The molecule has 1 aromatic carbocycles. The molecule has 1 atom stereocenters. The smallest absolute Gasteiger partial charge is 0.156 e. The maximum atomic E-state index is 10.6. The van der Waals surface area contributed by atoms with E-state index in [0.29, 0.717) is 5.30 Å². The molecule has 2 nitrogen and oxygen atoms in total. The van der Waals surface area contributed by atoms with E-state index in [1.54, 1.807) is 24.3 Å². The molecule has 0 radical (unpaired) electrons. The van der Waals surface area contributed by atoms with Crippen LogP contribution in [0, 0.1) is 0 Å². The predicted octanol–water partition coefficient (Wildman–Crippen LogP) is 1.69. The van der Waals surface area contributed by atoms with Crippen molar-refractivity contribution in [3.63, 3.8) is 0 Å². The highest BCUT2D eigenvalue weighted by molar-refractivity contribution is 7.47. The zero-order chi connectivity index (χ0) is 8.27.